The van der Waals surface area contributed by atoms with E-state index in [2.05, 4.69) is 16.0 Å². The first-order chi connectivity index (χ1) is 8.54. The van der Waals surface area contributed by atoms with Crippen molar-refractivity contribution in [2.24, 2.45) is 5.41 Å². The molecule has 0 aromatic rings. The highest BCUT2D eigenvalue weighted by molar-refractivity contribution is 5.91. The summed E-state index contributed by atoms with van der Waals surface area (Å²) in [7, 11) is 0. The molecule has 0 saturated carbocycles. The lowest BCUT2D eigenvalue weighted by atomic mass is 9.95. The van der Waals surface area contributed by atoms with Gasteiger partial charge in [-0.2, -0.15) is 0 Å². The summed E-state index contributed by atoms with van der Waals surface area (Å²) in [6.45, 7) is 10.5. The Bertz CT molecular complexity index is 346. The van der Waals surface area contributed by atoms with E-state index >= 15 is 0 Å². The van der Waals surface area contributed by atoms with Gasteiger partial charge in [0.15, 0.2) is 0 Å². The summed E-state index contributed by atoms with van der Waals surface area (Å²) >= 11 is 0. The molecule has 0 spiro atoms. The predicted octanol–water partition coefficient (Wildman–Crippen LogP) is 0.178. The van der Waals surface area contributed by atoms with Crippen LogP contribution in [0.15, 0.2) is 0 Å². The van der Waals surface area contributed by atoms with Crippen molar-refractivity contribution in [3.63, 3.8) is 0 Å². The Balaban J connectivity index is 4.15. The number of carbonyl (C=O) groups excluding carboxylic acids is 3. The van der Waals surface area contributed by atoms with Gasteiger partial charge in [-0.3, -0.25) is 14.4 Å². The third kappa shape index (κ3) is 7.43. The Morgan fingerprint density at radius 1 is 1.00 bits per heavy atom. The van der Waals surface area contributed by atoms with Gasteiger partial charge in [0.2, 0.25) is 17.7 Å². The average Bonchev–Trinajstić information content (AvgIpc) is 2.23. The Morgan fingerprint density at radius 2 is 1.53 bits per heavy atom. The fraction of sp³-hybridized carbons (Fsp3) is 0.769. The number of nitrogens with one attached hydrogen (secondary N) is 3. The van der Waals surface area contributed by atoms with Crippen molar-refractivity contribution in [2.75, 3.05) is 6.54 Å². The van der Waals surface area contributed by atoms with E-state index in [9.17, 15) is 14.4 Å². The summed E-state index contributed by atoms with van der Waals surface area (Å²) in [6.07, 6.45) is 0. The van der Waals surface area contributed by atoms with Crippen LogP contribution in [0.5, 0.6) is 0 Å². The van der Waals surface area contributed by atoms with Crippen LogP contribution in [-0.2, 0) is 14.4 Å². The fourth-order valence-electron chi connectivity index (χ4n) is 1.17. The Morgan fingerprint density at radius 3 is 1.95 bits per heavy atom. The number of hydrogen-bond donors (Lipinski definition) is 3. The van der Waals surface area contributed by atoms with E-state index in [1.807, 2.05) is 13.8 Å². The van der Waals surface area contributed by atoms with Crippen LogP contribution in [0.2, 0.25) is 0 Å². The van der Waals surface area contributed by atoms with Gasteiger partial charge < -0.3 is 16.0 Å². The molecule has 0 aromatic carbocycles. The normalized spacial score (nSPS) is 12.8. The minimum Gasteiger partial charge on any atom is -0.352 e. The van der Waals surface area contributed by atoms with Gasteiger partial charge in [0.25, 0.3) is 0 Å². The molecule has 0 aliphatic rings. The summed E-state index contributed by atoms with van der Waals surface area (Å²) in [5.74, 6) is -0.837. The molecule has 1 atom stereocenters. The van der Waals surface area contributed by atoms with Gasteiger partial charge in [0, 0.05) is 11.5 Å². The first-order valence-electron chi connectivity index (χ1n) is 6.42. The predicted molar refractivity (Wildman–Crippen MR) is 73.3 cm³/mol. The van der Waals surface area contributed by atoms with E-state index in [1.165, 1.54) is 0 Å². The van der Waals surface area contributed by atoms with E-state index < -0.39 is 11.5 Å². The number of rotatable bonds is 5. The highest BCUT2D eigenvalue weighted by atomic mass is 16.2. The molecular weight excluding hydrogens is 246 g/mol. The van der Waals surface area contributed by atoms with Crippen molar-refractivity contribution in [1.29, 1.82) is 0 Å². The summed E-state index contributed by atoms with van der Waals surface area (Å²) in [4.78, 5) is 34.7. The van der Waals surface area contributed by atoms with Gasteiger partial charge in [-0.1, -0.05) is 20.8 Å². The maximum Gasteiger partial charge on any atom is 0.242 e. The summed E-state index contributed by atoms with van der Waals surface area (Å²) in [5.41, 5.74) is -0.552. The lowest BCUT2D eigenvalue weighted by Crippen LogP contribution is -2.50. The summed E-state index contributed by atoms with van der Waals surface area (Å²) in [5, 5.41) is 7.74. The molecule has 0 bridgehead atoms. The summed E-state index contributed by atoms with van der Waals surface area (Å²) in [6, 6.07) is -0.638. The zero-order valence-electron chi connectivity index (χ0n) is 12.6. The molecule has 0 rings (SSSR count). The second kappa shape index (κ2) is 7.11. The average molecular weight is 271 g/mol. The molecule has 0 saturated heterocycles. The monoisotopic (exact) mass is 271 g/mol. The van der Waals surface area contributed by atoms with Gasteiger partial charge in [-0.15, -0.1) is 0 Å². The zero-order chi connectivity index (χ0) is 15.2. The van der Waals surface area contributed by atoms with Crippen LogP contribution in [0.25, 0.3) is 0 Å². The van der Waals surface area contributed by atoms with E-state index in [0.29, 0.717) is 0 Å². The Kier molecular flexibility index (Phi) is 6.52. The maximum atomic E-state index is 11.7. The molecule has 19 heavy (non-hydrogen) atoms. The number of hydrogen-bond acceptors (Lipinski definition) is 3. The molecule has 0 radical (unpaired) electrons. The molecular formula is C13H25N3O3. The third-order valence-electron chi connectivity index (χ3n) is 2.29. The van der Waals surface area contributed by atoms with Crippen LogP contribution in [-0.4, -0.2) is 36.3 Å². The van der Waals surface area contributed by atoms with Crippen LogP contribution >= 0.6 is 0 Å². The second-order valence-corrected chi connectivity index (χ2v) is 5.89. The Hall–Kier alpha value is -1.59. The van der Waals surface area contributed by atoms with Gasteiger partial charge in [-0.05, 0) is 20.8 Å². The number of carbonyl (C=O) groups is 3. The molecule has 0 fully saturated rings. The smallest absolute Gasteiger partial charge is 0.242 e. The van der Waals surface area contributed by atoms with E-state index in [1.54, 1.807) is 27.7 Å². The SMILES string of the molecule is CC(C)NC(=O)CNC(=O)[C@H](C)NC(=O)C(C)(C)C. The molecule has 0 aliphatic heterocycles. The summed E-state index contributed by atoms with van der Waals surface area (Å²) < 4.78 is 0. The topological polar surface area (TPSA) is 87.3 Å². The second-order valence-electron chi connectivity index (χ2n) is 5.89. The van der Waals surface area contributed by atoms with Gasteiger partial charge in [0.05, 0.1) is 6.54 Å². The van der Waals surface area contributed by atoms with Crippen LogP contribution in [0.1, 0.15) is 41.5 Å². The maximum absolute atomic E-state index is 11.7. The van der Waals surface area contributed by atoms with E-state index in [0.717, 1.165) is 0 Å². The van der Waals surface area contributed by atoms with Crippen molar-refractivity contribution in [2.45, 2.75) is 53.6 Å². The van der Waals surface area contributed by atoms with Crippen LogP contribution in [0, 0.1) is 5.41 Å². The van der Waals surface area contributed by atoms with Crippen molar-refractivity contribution >= 4 is 17.7 Å². The molecule has 3 N–H and O–H groups in total. The van der Waals surface area contributed by atoms with Crippen LogP contribution in [0.4, 0.5) is 0 Å². The minimum atomic E-state index is -0.668. The highest BCUT2D eigenvalue weighted by Crippen LogP contribution is 2.12. The third-order valence-corrected chi connectivity index (χ3v) is 2.29. The standard InChI is InChI=1S/C13H25N3O3/c1-8(2)15-10(17)7-14-11(18)9(3)16-12(19)13(4,5)6/h8-9H,7H2,1-6H3,(H,14,18)(H,15,17)(H,16,19)/t9-/m0/s1. The fourth-order valence-corrected chi connectivity index (χ4v) is 1.17. The largest absolute Gasteiger partial charge is 0.352 e. The van der Waals surface area contributed by atoms with Crippen molar-refractivity contribution in [3.8, 4) is 0 Å². The van der Waals surface area contributed by atoms with Crippen LogP contribution < -0.4 is 16.0 Å². The lowest BCUT2D eigenvalue weighted by Gasteiger charge is -2.21. The molecule has 0 heterocycles. The van der Waals surface area contributed by atoms with Gasteiger partial charge in [0.1, 0.15) is 6.04 Å². The minimum absolute atomic E-state index is 0.0300. The van der Waals surface area contributed by atoms with Crippen molar-refractivity contribution < 1.29 is 14.4 Å². The first kappa shape index (κ1) is 17.4. The molecule has 6 heteroatoms. The van der Waals surface area contributed by atoms with Crippen LogP contribution in [0.3, 0.4) is 0 Å². The lowest BCUT2D eigenvalue weighted by molar-refractivity contribution is -0.133. The van der Waals surface area contributed by atoms with Crippen molar-refractivity contribution in [1.82, 2.24) is 16.0 Å². The molecule has 0 aromatic heterocycles. The number of amides is 3. The molecule has 0 unspecified atom stereocenters. The van der Waals surface area contributed by atoms with E-state index in [-0.39, 0.29) is 30.3 Å². The molecule has 0 aliphatic carbocycles. The van der Waals surface area contributed by atoms with E-state index in [4.69, 9.17) is 0 Å². The quantitative estimate of drug-likeness (QED) is 0.666. The zero-order valence-corrected chi connectivity index (χ0v) is 12.6. The van der Waals surface area contributed by atoms with Gasteiger partial charge in [-0.25, -0.2) is 0 Å². The van der Waals surface area contributed by atoms with Crippen molar-refractivity contribution in [3.05, 3.63) is 0 Å². The first-order valence-corrected chi connectivity index (χ1v) is 6.42. The van der Waals surface area contributed by atoms with Gasteiger partial charge >= 0.3 is 0 Å². The molecule has 6 nitrogen and oxygen atoms in total. The molecule has 3 amide bonds. The Labute approximate surface area is 114 Å². The molecule has 110 valence electrons. The highest BCUT2D eigenvalue weighted by Gasteiger charge is 2.25.